The van der Waals surface area contributed by atoms with Crippen molar-refractivity contribution in [3.63, 3.8) is 0 Å². The summed E-state index contributed by atoms with van der Waals surface area (Å²) in [4.78, 5) is 14.0. The lowest BCUT2D eigenvalue weighted by Crippen LogP contribution is -2.47. The molecule has 1 aromatic rings. The maximum absolute atomic E-state index is 14.0. The third kappa shape index (κ3) is 4.02. The SMILES string of the molecule is N[C@@H](CC(=O)N1CCn2c(nnc2C(F)(F)F)C1)CC1NNC2C(F)C(F)CCC12. The third-order valence-corrected chi connectivity index (χ3v) is 6.23. The molecule has 30 heavy (non-hydrogen) atoms. The Balaban J connectivity index is 1.31. The number of halogens is 5. The lowest BCUT2D eigenvalue weighted by Gasteiger charge is -2.33. The lowest BCUT2D eigenvalue weighted by atomic mass is 9.78. The summed E-state index contributed by atoms with van der Waals surface area (Å²) >= 11 is 0. The van der Waals surface area contributed by atoms with E-state index in [1.165, 1.54) is 4.90 Å². The first-order chi connectivity index (χ1) is 14.1. The fourth-order valence-corrected chi connectivity index (χ4v) is 4.68. The van der Waals surface area contributed by atoms with Gasteiger partial charge in [-0.3, -0.25) is 15.6 Å². The summed E-state index contributed by atoms with van der Waals surface area (Å²) in [5.74, 6) is -1.38. The molecule has 168 valence electrons. The van der Waals surface area contributed by atoms with Crippen LogP contribution >= 0.6 is 0 Å². The van der Waals surface area contributed by atoms with Crippen LogP contribution in [0.3, 0.4) is 0 Å². The van der Waals surface area contributed by atoms with Crippen LogP contribution in [0.25, 0.3) is 0 Å². The number of nitrogens with zero attached hydrogens (tertiary/aromatic N) is 4. The fraction of sp³-hybridized carbons (Fsp3) is 0.824. The molecular weight excluding hydrogens is 413 g/mol. The lowest BCUT2D eigenvalue weighted by molar-refractivity contribution is -0.148. The Morgan fingerprint density at radius 3 is 2.70 bits per heavy atom. The number of aromatic nitrogens is 3. The van der Waals surface area contributed by atoms with Gasteiger partial charge in [0.1, 0.15) is 12.3 Å². The highest BCUT2D eigenvalue weighted by atomic mass is 19.4. The molecule has 4 N–H and O–H groups in total. The van der Waals surface area contributed by atoms with E-state index in [2.05, 4.69) is 21.0 Å². The maximum atomic E-state index is 14.0. The molecule has 1 aliphatic carbocycles. The monoisotopic (exact) mass is 437 g/mol. The summed E-state index contributed by atoms with van der Waals surface area (Å²) in [6.45, 7) is -0.00267. The van der Waals surface area contributed by atoms with Crippen molar-refractivity contribution in [1.82, 2.24) is 30.5 Å². The second-order valence-electron chi connectivity index (χ2n) is 8.23. The van der Waals surface area contributed by atoms with Crippen molar-refractivity contribution < 1.29 is 26.7 Å². The first-order valence-electron chi connectivity index (χ1n) is 9.97. The Morgan fingerprint density at radius 2 is 1.97 bits per heavy atom. The van der Waals surface area contributed by atoms with Gasteiger partial charge in [-0.2, -0.15) is 13.2 Å². The van der Waals surface area contributed by atoms with Crippen LogP contribution in [0.4, 0.5) is 22.0 Å². The highest BCUT2D eigenvalue weighted by Crippen LogP contribution is 2.35. The molecule has 0 bridgehead atoms. The van der Waals surface area contributed by atoms with E-state index in [1.807, 2.05) is 0 Å². The smallest absolute Gasteiger partial charge is 0.333 e. The molecule has 3 aliphatic rings. The summed E-state index contributed by atoms with van der Waals surface area (Å²) < 4.78 is 67.3. The van der Waals surface area contributed by atoms with Crippen LogP contribution < -0.4 is 16.6 Å². The minimum Gasteiger partial charge on any atom is -0.333 e. The molecule has 0 spiro atoms. The maximum Gasteiger partial charge on any atom is 0.451 e. The summed E-state index contributed by atoms with van der Waals surface area (Å²) in [7, 11) is 0. The minimum atomic E-state index is -4.60. The van der Waals surface area contributed by atoms with Crippen LogP contribution in [-0.4, -0.2) is 62.6 Å². The number of carbonyl (C=O) groups excluding carboxylic acids is 1. The summed E-state index contributed by atoms with van der Waals surface area (Å²) in [6, 6.07) is -1.32. The van der Waals surface area contributed by atoms with E-state index in [0.29, 0.717) is 12.8 Å². The molecule has 0 aromatic carbocycles. The van der Waals surface area contributed by atoms with Gasteiger partial charge in [0.05, 0.1) is 12.6 Å². The van der Waals surface area contributed by atoms with E-state index in [1.54, 1.807) is 0 Å². The Morgan fingerprint density at radius 1 is 1.20 bits per heavy atom. The normalized spacial score (nSPS) is 32.6. The molecule has 8 nitrogen and oxygen atoms in total. The van der Waals surface area contributed by atoms with Crippen molar-refractivity contribution >= 4 is 5.91 Å². The van der Waals surface area contributed by atoms with Crippen LogP contribution in [0.5, 0.6) is 0 Å². The average Bonchev–Trinajstić information content (AvgIpc) is 3.28. The standard InChI is InChI=1S/C17H24F5N7O/c18-10-2-1-9-11(24-26-15(9)14(10)19)5-8(23)6-13(30)28-3-4-29-12(7-28)25-27-16(29)17(20,21)22/h8-11,14-15,24,26H,1-7,23H2/t8-,9?,10?,11?,14?,15?/m1/s1. The molecule has 4 rings (SSSR count). The Hall–Kier alpha value is -1.86. The molecule has 2 aliphatic heterocycles. The van der Waals surface area contributed by atoms with E-state index in [4.69, 9.17) is 5.73 Å². The van der Waals surface area contributed by atoms with Gasteiger partial charge in [0.2, 0.25) is 11.7 Å². The summed E-state index contributed by atoms with van der Waals surface area (Å²) in [5.41, 5.74) is 11.9. The first kappa shape index (κ1) is 21.4. The Labute approximate surface area is 169 Å². The fourth-order valence-electron chi connectivity index (χ4n) is 4.68. The Kier molecular flexibility index (Phi) is 5.70. The molecule has 13 heteroatoms. The average molecular weight is 437 g/mol. The highest BCUT2D eigenvalue weighted by molar-refractivity contribution is 5.76. The summed E-state index contributed by atoms with van der Waals surface area (Å²) in [6.07, 6.45) is -6.57. The zero-order chi connectivity index (χ0) is 21.6. The number of nitrogens with two attached hydrogens (primary N) is 1. The summed E-state index contributed by atoms with van der Waals surface area (Å²) in [5, 5.41) is 6.75. The molecular formula is C17H24F5N7O. The van der Waals surface area contributed by atoms with Gasteiger partial charge in [0.25, 0.3) is 0 Å². The van der Waals surface area contributed by atoms with Crippen molar-refractivity contribution in [2.24, 2.45) is 11.7 Å². The first-order valence-corrected chi connectivity index (χ1v) is 9.97. The van der Waals surface area contributed by atoms with Crippen molar-refractivity contribution in [3.8, 4) is 0 Å². The highest BCUT2D eigenvalue weighted by Gasteiger charge is 2.47. The zero-order valence-corrected chi connectivity index (χ0v) is 16.1. The van der Waals surface area contributed by atoms with Gasteiger partial charge in [-0.05, 0) is 25.2 Å². The number of fused-ring (bicyclic) bond motifs is 2. The molecule has 5 unspecified atom stereocenters. The van der Waals surface area contributed by atoms with Crippen molar-refractivity contribution in [2.45, 2.75) is 75.4 Å². The molecule has 1 saturated carbocycles. The van der Waals surface area contributed by atoms with Gasteiger partial charge >= 0.3 is 6.18 Å². The van der Waals surface area contributed by atoms with Gasteiger partial charge in [-0.25, -0.2) is 8.78 Å². The number of alkyl halides is 5. The van der Waals surface area contributed by atoms with Crippen LogP contribution in [0, 0.1) is 5.92 Å². The number of rotatable bonds is 4. The number of hydrogen-bond donors (Lipinski definition) is 3. The molecule has 1 aromatic heterocycles. The number of amides is 1. The van der Waals surface area contributed by atoms with Crippen molar-refractivity contribution in [3.05, 3.63) is 11.6 Å². The van der Waals surface area contributed by atoms with Crippen LogP contribution in [0.15, 0.2) is 0 Å². The topological polar surface area (TPSA) is 101 Å². The predicted octanol–water partition coefficient (Wildman–Crippen LogP) is 0.678. The van der Waals surface area contributed by atoms with E-state index in [9.17, 15) is 26.7 Å². The number of carbonyl (C=O) groups is 1. The molecule has 3 heterocycles. The van der Waals surface area contributed by atoms with E-state index >= 15 is 0 Å². The van der Waals surface area contributed by atoms with Crippen molar-refractivity contribution in [2.75, 3.05) is 6.54 Å². The van der Waals surface area contributed by atoms with Gasteiger partial charge < -0.3 is 15.2 Å². The Bertz CT molecular complexity index is 787. The van der Waals surface area contributed by atoms with E-state index in [0.717, 1.165) is 4.57 Å². The van der Waals surface area contributed by atoms with Gasteiger partial charge in [0.15, 0.2) is 5.82 Å². The van der Waals surface area contributed by atoms with E-state index in [-0.39, 0.29) is 56.2 Å². The molecule has 1 saturated heterocycles. The van der Waals surface area contributed by atoms with Gasteiger partial charge in [0, 0.05) is 31.6 Å². The molecule has 6 atom stereocenters. The van der Waals surface area contributed by atoms with Gasteiger partial charge in [-0.1, -0.05) is 0 Å². The minimum absolute atomic E-state index is 0.000617. The quantitative estimate of drug-likeness (QED) is 0.599. The van der Waals surface area contributed by atoms with Crippen LogP contribution in [-0.2, 0) is 24.1 Å². The number of nitrogens with one attached hydrogen (secondary N) is 2. The third-order valence-electron chi connectivity index (χ3n) is 6.23. The second-order valence-corrected chi connectivity index (χ2v) is 8.23. The number of hydrogen-bond acceptors (Lipinski definition) is 6. The van der Waals surface area contributed by atoms with Gasteiger partial charge in [-0.15, -0.1) is 10.2 Å². The predicted molar refractivity (Wildman–Crippen MR) is 94.0 cm³/mol. The molecule has 2 fully saturated rings. The molecule has 1 amide bonds. The molecule has 0 radical (unpaired) electrons. The van der Waals surface area contributed by atoms with Crippen LogP contribution in [0.2, 0.25) is 0 Å². The number of hydrazine groups is 1. The van der Waals surface area contributed by atoms with Crippen molar-refractivity contribution in [1.29, 1.82) is 0 Å². The second kappa shape index (κ2) is 8.00. The van der Waals surface area contributed by atoms with E-state index < -0.39 is 36.4 Å². The largest absolute Gasteiger partial charge is 0.451 e. The zero-order valence-electron chi connectivity index (χ0n) is 16.1. The van der Waals surface area contributed by atoms with Crippen LogP contribution in [0.1, 0.15) is 37.3 Å².